The minimum atomic E-state index is -0.540. The van der Waals surface area contributed by atoms with Gasteiger partial charge < -0.3 is 5.32 Å². The predicted molar refractivity (Wildman–Crippen MR) is 74.2 cm³/mol. The molecule has 100 valence electrons. The zero-order valence-electron chi connectivity index (χ0n) is 11.5. The summed E-state index contributed by atoms with van der Waals surface area (Å²) in [6.07, 6.45) is 2.70. The Morgan fingerprint density at radius 2 is 2.26 bits per heavy atom. The molecule has 2 rings (SSSR count). The molecule has 1 aromatic rings. The van der Waals surface area contributed by atoms with Crippen LogP contribution >= 0.6 is 0 Å². The first-order valence-corrected chi connectivity index (χ1v) is 6.95. The fourth-order valence-electron chi connectivity index (χ4n) is 2.73. The molecule has 0 saturated heterocycles. The molecule has 0 bridgehead atoms. The SMILES string of the molecule is CCC(C#N)C(=O)NC1c2ccccc2CCC1C. The minimum Gasteiger partial charge on any atom is -0.348 e. The molecule has 1 aromatic carbocycles. The van der Waals surface area contributed by atoms with Gasteiger partial charge in [0.25, 0.3) is 0 Å². The number of carbonyl (C=O) groups excluding carboxylic acids is 1. The summed E-state index contributed by atoms with van der Waals surface area (Å²) in [5.41, 5.74) is 2.53. The van der Waals surface area contributed by atoms with Crippen molar-refractivity contribution in [1.82, 2.24) is 5.32 Å². The van der Waals surface area contributed by atoms with Gasteiger partial charge in [-0.1, -0.05) is 38.1 Å². The molecule has 0 aromatic heterocycles. The molecular formula is C16H20N2O. The predicted octanol–water partition coefficient (Wildman–Crippen LogP) is 2.98. The lowest BCUT2D eigenvalue weighted by Gasteiger charge is -2.32. The fourth-order valence-corrected chi connectivity index (χ4v) is 2.73. The molecule has 19 heavy (non-hydrogen) atoms. The second-order valence-corrected chi connectivity index (χ2v) is 5.29. The lowest BCUT2D eigenvalue weighted by Crippen LogP contribution is -2.38. The third kappa shape index (κ3) is 2.78. The summed E-state index contributed by atoms with van der Waals surface area (Å²) >= 11 is 0. The Labute approximate surface area is 114 Å². The van der Waals surface area contributed by atoms with E-state index in [-0.39, 0.29) is 11.9 Å². The van der Waals surface area contributed by atoms with Gasteiger partial charge in [-0.3, -0.25) is 4.79 Å². The molecule has 0 radical (unpaired) electrons. The van der Waals surface area contributed by atoms with Crippen LogP contribution in [-0.4, -0.2) is 5.91 Å². The van der Waals surface area contributed by atoms with Crippen molar-refractivity contribution >= 4 is 5.91 Å². The van der Waals surface area contributed by atoms with Gasteiger partial charge in [0.15, 0.2) is 0 Å². The topological polar surface area (TPSA) is 52.9 Å². The number of rotatable bonds is 3. The van der Waals surface area contributed by atoms with Gasteiger partial charge >= 0.3 is 0 Å². The number of carbonyl (C=O) groups is 1. The van der Waals surface area contributed by atoms with Crippen LogP contribution < -0.4 is 5.32 Å². The van der Waals surface area contributed by atoms with Crippen molar-refractivity contribution in [2.24, 2.45) is 11.8 Å². The minimum absolute atomic E-state index is 0.0415. The molecule has 3 atom stereocenters. The number of nitrogens with one attached hydrogen (secondary N) is 1. The lowest BCUT2D eigenvalue weighted by atomic mass is 9.80. The van der Waals surface area contributed by atoms with E-state index in [1.54, 1.807) is 0 Å². The third-order valence-electron chi connectivity index (χ3n) is 4.01. The van der Waals surface area contributed by atoms with Gasteiger partial charge in [-0.05, 0) is 36.3 Å². The average molecular weight is 256 g/mol. The largest absolute Gasteiger partial charge is 0.348 e. The van der Waals surface area contributed by atoms with E-state index in [0.29, 0.717) is 12.3 Å². The second kappa shape index (κ2) is 5.88. The Balaban J connectivity index is 2.20. The number of aryl methyl sites for hydroxylation is 1. The van der Waals surface area contributed by atoms with Crippen LogP contribution in [0.15, 0.2) is 24.3 Å². The molecule has 0 heterocycles. The number of nitrogens with zero attached hydrogens (tertiary/aromatic N) is 1. The van der Waals surface area contributed by atoms with Crippen molar-refractivity contribution in [1.29, 1.82) is 5.26 Å². The average Bonchev–Trinajstić information content (AvgIpc) is 2.43. The van der Waals surface area contributed by atoms with Gasteiger partial charge in [0, 0.05) is 0 Å². The summed E-state index contributed by atoms with van der Waals surface area (Å²) < 4.78 is 0. The fraction of sp³-hybridized carbons (Fsp3) is 0.500. The number of fused-ring (bicyclic) bond motifs is 1. The first kappa shape index (κ1) is 13.6. The van der Waals surface area contributed by atoms with Crippen molar-refractivity contribution in [3.05, 3.63) is 35.4 Å². The highest BCUT2D eigenvalue weighted by Crippen LogP contribution is 2.34. The van der Waals surface area contributed by atoms with Gasteiger partial charge in [-0.15, -0.1) is 0 Å². The number of benzene rings is 1. The van der Waals surface area contributed by atoms with Crippen LogP contribution in [0.25, 0.3) is 0 Å². The summed E-state index contributed by atoms with van der Waals surface area (Å²) in [4.78, 5) is 12.1. The van der Waals surface area contributed by atoms with Crippen LogP contribution in [0, 0.1) is 23.2 Å². The van der Waals surface area contributed by atoms with Crippen LogP contribution in [-0.2, 0) is 11.2 Å². The third-order valence-corrected chi connectivity index (χ3v) is 4.01. The molecule has 1 amide bonds. The van der Waals surface area contributed by atoms with Crippen LogP contribution in [0.4, 0.5) is 0 Å². The number of amides is 1. The highest BCUT2D eigenvalue weighted by molar-refractivity contribution is 5.81. The number of nitriles is 1. The molecular weight excluding hydrogens is 236 g/mol. The molecule has 0 saturated carbocycles. The summed E-state index contributed by atoms with van der Waals surface area (Å²) in [6, 6.07) is 10.4. The zero-order valence-corrected chi connectivity index (χ0v) is 11.5. The highest BCUT2D eigenvalue weighted by atomic mass is 16.1. The zero-order chi connectivity index (χ0) is 13.8. The highest BCUT2D eigenvalue weighted by Gasteiger charge is 2.29. The Morgan fingerprint density at radius 1 is 1.53 bits per heavy atom. The first-order valence-electron chi connectivity index (χ1n) is 6.95. The summed E-state index contributed by atoms with van der Waals surface area (Å²) in [5.74, 6) is -0.269. The first-order chi connectivity index (χ1) is 9.17. The second-order valence-electron chi connectivity index (χ2n) is 5.29. The van der Waals surface area contributed by atoms with E-state index in [1.165, 1.54) is 11.1 Å². The lowest BCUT2D eigenvalue weighted by molar-refractivity contribution is -0.124. The molecule has 0 spiro atoms. The van der Waals surface area contributed by atoms with E-state index in [2.05, 4.69) is 30.4 Å². The van der Waals surface area contributed by atoms with Gasteiger partial charge in [0.2, 0.25) is 5.91 Å². The van der Waals surface area contributed by atoms with Crippen molar-refractivity contribution in [3.8, 4) is 6.07 Å². The van der Waals surface area contributed by atoms with Gasteiger partial charge in [-0.2, -0.15) is 5.26 Å². The van der Waals surface area contributed by atoms with E-state index in [9.17, 15) is 4.79 Å². The summed E-state index contributed by atoms with van der Waals surface area (Å²) in [6.45, 7) is 4.03. The van der Waals surface area contributed by atoms with E-state index in [1.807, 2.05) is 19.1 Å². The Hall–Kier alpha value is -1.82. The normalized spacial score (nSPS) is 23.0. The van der Waals surface area contributed by atoms with Crippen LogP contribution in [0.5, 0.6) is 0 Å². The van der Waals surface area contributed by atoms with E-state index in [0.717, 1.165) is 12.8 Å². The maximum atomic E-state index is 12.1. The maximum absolute atomic E-state index is 12.1. The van der Waals surface area contributed by atoms with Gasteiger partial charge in [0.05, 0.1) is 12.1 Å². The maximum Gasteiger partial charge on any atom is 0.237 e. The van der Waals surface area contributed by atoms with Crippen LogP contribution in [0.2, 0.25) is 0 Å². The Kier molecular flexibility index (Phi) is 4.21. The summed E-state index contributed by atoms with van der Waals surface area (Å²) in [7, 11) is 0. The van der Waals surface area contributed by atoms with Gasteiger partial charge in [0.1, 0.15) is 5.92 Å². The van der Waals surface area contributed by atoms with E-state index >= 15 is 0 Å². The van der Waals surface area contributed by atoms with Gasteiger partial charge in [-0.25, -0.2) is 0 Å². The monoisotopic (exact) mass is 256 g/mol. The standard InChI is InChI=1S/C16H20N2O/c1-3-12(10-17)16(19)18-15-11(2)8-9-13-6-4-5-7-14(13)15/h4-7,11-12,15H,3,8-9H2,1-2H3,(H,18,19). The molecule has 0 fully saturated rings. The van der Waals surface area contributed by atoms with Crippen LogP contribution in [0.1, 0.15) is 43.9 Å². The molecule has 3 nitrogen and oxygen atoms in total. The smallest absolute Gasteiger partial charge is 0.237 e. The molecule has 0 aliphatic heterocycles. The quantitative estimate of drug-likeness (QED) is 0.904. The van der Waals surface area contributed by atoms with Crippen molar-refractivity contribution in [3.63, 3.8) is 0 Å². The Morgan fingerprint density at radius 3 is 2.95 bits per heavy atom. The van der Waals surface area contributed by atoms with Crippen molar-refractivity contribution in [2.75, 3.05) is 0 Å². The number of hydrogen-bond donors (Lipinski definition) is 1. The van der Waals surface area contributed by atoms with E-state index in [4.69, 9.17) is 5.26 Å². The van der Waals surface area contributed by atoms with Crippen molar-refractivity contribution in [2.45, 2.75) is 39.2 Å². The summed E-state index contributed by atoms with van der Waals surface area (Å²) in [5, 5.41) is 12.0. The molecule has 3 unspecified atom stereocenters. The molecule has 1 aliphatic carbocycles. The molecule has 1 N–H and O–H groups in total. The van der Waals surface area contributed by atoms with Crippen LogP contribution in [0.3, 0.4) is 0 Å². The van der Waals surface area contributed by atoms with Crippen molar-refractivity contribution < 1.29 is 4.79 Å². The molecule has 3 heteroatoms. The Bertz CT molecular complexity index is 504. The number of hydrogen-bond acceptors (Lipinski definition) is 2. The molecule has 1 aliphatic rings. The van der Waals surface area contributed by atoms with E-state index < -0.39 is 5.92 Å².